The molecule has 2 aromatic heterocycles. The first-order valence-electron chi connectivity index (χ1n) is 11.9. The largest absolute Gasteiger partial charge is 0.383 e. The number of anilines is 1. The van der Waals surface area contributed by atoms with Crippen LogP contribution < -0.4 is 5.73 Å². The fourth-order valence-electron chi connectivity index (χ4n) is 4.80. The van der Waals surface area contributed by atoms with Gasteiger partial charge in [-0.15, -0.1) is 0 Å². The van der Waals surface area contributed by atoms with Crippen molar-refractivity contribution in [3.63, 3.8) is 0 Å². The number of fused-ring (bicyclic) bond motifs is 1. The van der Waals surface area contributed by atoms with Gasteiger partial charge >= 0.3 is 0 Å². The van der Waals surface area contributed by atoms with E-state index < -0.39 is 0 Å². The van der Waals surface area contributed by atoms with E-state index in [0.717, 1.165) is 52.7 Å². The summed E-state index contributed by atoms with van der Waals surface area (Å²) in [5, 5.41) is 15.0. The molecule has 176 valence electrons. The lowest BCUT2D eigenvalue weighted by atomic mass is 9.98. The number of aryl methyl sites for hydroxylation is 2. The summed E-state index contributed by atoms with van der Waals surface area (Å²) in [5.41, 5.74) is 11.5. The van der Waals surface area contributed by atoms with Crippen molar-refractivity contribution in [2.45, 2.75) is 38.6 Å². The van der Waals surface area contributed by atoms with Gasteiger partial charge in [0.1, 0.15) is 17.8 Å². The fraction of sp³-hybridized carbons (Fsp3) is 0.296. The van der Waals surface area contributed by atoms with Gasteiger partial charge in [-0.2, -0.15) is 10.4 Å². The first-order chi connectivity index (χ1) is 17.0. The molecule has 0 spiro atoms. The second kappa shape index (κ2) is 9.55. The second-order valence-corrected chi connectivity index (χ2v) is 9.03. The summed E-state index contributed by atoms with van der Waals surface area (Å²) in [4.78, 5) is 23.1. The number of Topliss-reactive ketones (excluding diaryl/α,β-unsaturated/α-hetero) is 1. The van der Waals surface area contributed by atoms with Crippen molar-refractivity contribution in [1.82, 2.24) is 24.6 Å². The number of rotatable bonds is 6. The Kier molecular flexibility index (Phi) is 6.15. The molecule has 0 saturated carbocycles. The lowest BCUT2D eigenvalue weighted by Crippen LogP contribution is -2.33. The van der Waals surface area contributed by atoms with Gasteiger partial charge in [-0.3, -0.25) is 4.79 Å². The van der Waals surface area contributed by atoms with Crippen LogP contribution in [0.25, 0.3) is 22.3 Å². The van der Waals surface area contributed by atoms with E-state index in [1.54, 1.807) is 4.90 Å². The van der Waals surface area contributed by atoms with Gasteiger partial charge in [-0.1, -0.05) is 48.5 Å². The summed E-state index contributed by atoms with van der Waals surface area (Å²) in [6.45, 7) is 3.33. The zero-order valence-electron chi connectivity index (χ0n) is 19.7. The Morgan fingerprint density at radius 2 is 1.97 bits per heavy atom. The van der Waals surface area contributed by atoms with Gasteiger partial charge in [0.25, 0.3) is 0 Å². The summed E-state index contributed by atoms with van der Waals surface area (Å²) in [7, 11) is 0. The van der Waals surface area contributed by atoms with Crippen LogP contribution in [0.2, 0.25) is 0 Å². The predicted molar refractivity (Wildman–Crippen MR) is 134 cm³/mol. The van der Waals surface area contributed by atoms with E-state index in [1.165, 1.54) is 6.33 Å². The molecule has 1 saturated heterocycles. The van der Waals surface area contributed by atoms with E-state index in [1.807, 2.05) is 60.1 Å². The van der Waals surface area contributed by atoms with Crippen LogP contribution >= 0.6 is 0 Å². The molecule has 8 heteroatoms. The van der Waals surface area contributed by atoms with Gasteiger partial charge < -0.3 is 10.6 Å². The number of benzene rings is 2. The van der Waals surface area contributed by atoms with Crippen LogP contribution in [-0.2, 0) is 6.42 Å². The number of carbonyl (C=O) groups is 1. The first kappa shape index (κ1) is 22.5. The quantitative estimate of drug-likeness (QED) is 0.333. The number of aromatic nitrogens is 4. The Morgan fingerprint density at radius 3 is 2.74 bits per heavy atom. The van der Waals surface area contributed by atoms with Gasteiger partial charge in [-0.05, 0) is 37.3 Å². The number of hydrogen-bond donors (Lipinski definition) is 1. The van der Waals surface area contributed by atoms with Crippen molar-refractivity contribution < 1.29 is 4.79 Å². The number of nitrogens with zero attached hydrogens (tertiary/aromatic N) is 6. The Labute approximate surface area is 204 Å². The molecule has 4 aromatic rings. The Bertz CT molecular complexity index is 1420. The van der Waals surface area contributed by atoms with E-state index in [9.17, 15) is 10.1 Å². The number of nitriles is 1. The van der Waals surface area contributed by atoms with Crippen LogP contribution in [0.3, 0.4) is 0 Å². The van der Waals surface area contributed by atoms with Gasteiger partial charge in [0.2, 0.25) is 0 Å². The predicted octanol–water partition coefficient (Wildman–Crippen LogP) is 4.32. The zero-order valence-corrected chi connectivity index (χ0v) is 19.7. The number of carbonyl (C=O) groups excluding carboxylic acids is 1. The van der Waals surface area contributed by atoms with E-state index in [2.05, 4.69) is 16.2 Å². The lowest BCUT2D eigenvalue weighted by Gasteiger charge is -2.28. The van der Waals surface area contributed by atoms with Gasteiger partial charge in [-0.25, -0.2) is 14.6 Å². The van der Waals surface area contributed by atoms with E-state index in [0.29, 0.717) is 30.9 Å². The molecule has 3 heterocycles. The summed E-state index contributed by atoms with van der Waals surface area (Å²) in [6, 6.07) is 15.8. The number of hydrogen-bond acceptors (Lipinski definition) is 7. The van der Waals surface area contributed by atoms with Gasteiger partial charge in [0.05, 0.1) is 18.0 Å². The second-order valence-electron chi connectivity index (χ2n) is 9.03. The molecular weight excluding hydrogens is 438 g/mol. The summed E-state index contributed by atoms with van der Waals surface area (Å²) in [6.07, 6.45) is 6.68. The summed E-state index contributed by atoms with van der Waals surface area (Å²) < 4.78 is 1.90. The smallest absolute Gasteiger partial charge is 0.179 e. The average molecular weight is 466 g/mol. The molecule has 0 radical (unpaired) electrons. The topological polar surface area (TPSA) is 114 Å². The lowest BCUT2D eigenvalue weighted by molar-refractivity contribution is 0.0982. The molecule has 1 fully saturated rings. The SMILES string of the molecule is Cc1ccccc1C(=O)CCc1ccc(-c2nn([C@@H]3CCCN(C#N)C3)c3ncnc(N)c23)cc1. The van der Waals surface area contributed by atoms with Crippen LogP contribution in [0, 0.1) is 18.4 Å². The number of nitrogens with two attached hydrogens (primary N) is 1. The highest BCUT2D eigenvalue weighted by Gasteiger charge is 2.26. The third-order valence-electron chi connectivity index (χ3n) is 6.72. The standard InChI is InChI=1S/C27H27N7O/c1-18-5-2-3-7-22(18)23(35)13-10-19-8-11-20(12-9-19)25-24-26(29)30-17-31-27(24)34(32-25)21-6-4-14-33(15-21)16-28/h2-3,5,7-9,11-12,17,21H,4,6,10,13-15H2,1H3,(H2,29,30,31)/t21-/m1/s1. The van der Waals surface area contributed by atoms with Crippen LogP contribution in [0.15, 0.2) is 54.9 Å². The molecule has 1 atom stereocenters. The van der Waals surface area contributed by atoms with Crippen molar-refractivity contribution in [1.29, 1.82) is 5.26 Å². The van der Waals surface area contributed by atoms with Crippen LogP contribution in [0.4, 0.5) is 5.82 Å². The number of ketones is 1. The maximum absolute atomic E-state index is 12.6. The molecule has 5 rings (SSSR count). The number of likely N-dealkylation sites (tertiary alicyclic amines) is 1. The molecule has 0 aliphatic carbocycles. The third kappa shape index (κ3) is 4.45. The number of nitrogen functional groups attached to an aromatic ring is 1. The first-order valence-corrected chi connectivity index (χ1v) is 11.9. The Hall–Kier alpha value is -4.25. The minimum absolute atomic E-state index is 0.0423. The molecular formula is C27H27N7O. The maximum Gasteiger partial charge on any atom is 0.179 e. The Morgan fingerprint density at radius 1 is 1.17 bits per heavy atom. The average Bonchev–Trinajstić information content (AvgIpc) is 3.29. The van der Waals surface area contributed by atoms with Gasteiger partial charge in [0.15, 0.2) is 17.6 Å². The molecule has 35 heavy (non-hydrogen) atoms. The molecule has 2 N–H and O–H groups in total. The molecule has 8 nitrogen and oxygen atoms in total. The maximum atomic E-state index is 12.6. The molecule has 0 bridgehead atoms. The van der Waals surface area contributed by atoms with Crippen molar-refractivity contribution in [3.05, 3.63) is 71.5 Å². The highest BCUT2D eigenvalue weighted by atomic mass is 16.1. The highest BCUT2D eigenvalue weighted by molar-refractivity contribution is 5.98. The van der Waals surface area contributed by atoms with Crippen molar-refractivity contribution in [3.8, 4) is 17.5 Å². The van der Waals surface area contributed by atoms with E-state index in [4.69, 9.17) is 10.8 Å². The third-order valence-corrected chi connectivity index (χ3v) is 6.72. The Balaban J connectivity index is 1.40. The minimum atomic E-state index is 0.0423. The van der Waals surface area contributed by atoms with Crippen LogP contribution in [0.1, 0.15) is 46.8 Å². The van der Waals surface area contributed by atoms with Crippen LogP contribution in [0.5, 0.6) is 0 Å². The molecule has 0 unspecified atom stereocenters. The summed E-state index contributed by atoms with van der Waals surface area (Å²) >= 11 is 0. The van der Waals surface area contributed by atoms with Crippen molar-refractivity contribution >= 4 is 22.6 Å². The van der Waals surface area contributed by atoms with E-state index >= 15 is 0 Å². The molecule has 1 aliphatic heterocycles. The van der Waals surface area contributed by atoms with Crippen molar-refractivity contribution in [2.75, 3.05) is 18.8 Å². The fourth-order valence-corrected chi connectivity index (χ4v) is 4.80. The minimum Gasteiger partial charge on any atom is -0.383 e. The normalized spacial score (nSPS) is 15.8. The molecule has 0 amide bonds. The van der Waals surface area contributed by atoms with Crippen LogP contribution in [-0.4, -0.2) is 43.5 Å². The van der Waals surface area contributed by atoms with E-state index in [-0.39, 0.29) is 11.8 Å². The molecule has 2 aromatic carbocycles. The monoisotopic (exact) mass is 465 g/mol. The highest BCUT2D eigenvalue weighted by Crippen LogP contribution is 2.33. The van der Waals surface area contributed by atoms with Gasteiger partial charge in [0, 0.05) is 24.1 Å². The van der Waals surface area contributed by atoms with Crippen molar-refractivity contribution in [2.24, 2.45) is 0 Å². The zero-order chi connectivity index (χ0) is 24.4. The summed E-state index contributed by atoms with van der Waals surface area (Å²) in [5.74, 6) is 0.540. The number of piperidine rings is 1. The molecule has 1 aliphatic rings.